The monoisotopic (exact) mass is 239 g/mol. The van der Waals surface area contributed by atoms with E-state index in [1.54, 1.807) is 0 Å². The van der Waals surface area contributed by atoms with Gasteiger partial charge in [0.2, 0.25) is 5.89 Å². The first-order valence-corrected chi connectivity index (χ1v) is 6.33. The van der Waals surface area contributed by atoms with E-state index in [0.717, 1.165) is 25.2 Å². The number of likely N-dealkylation sites (tertiary alicyclic amines) is 1. The summed E-state index contributed by atoms with van der Waals surface area (Å²) in [5.74, 6) is 1.69. The van der Waals surface area contributed by atoms with E-state index in [4.69, 9.17) is 4.52 Å². The highest BCUT2D eigenvalue weighted by Gasteiger charge is 2.26. The quantitative estimate of drug-likeness (QED) is 0.870. The van der Waals surface area contributed by atoms with Gasteiger partial charge in [-0.1, -0.05) is 19.0 Å². The van der Waals surface area contributed by atoms with Gasteiger partial charge >= 0.3 is 0 Å². The summed E-state index contributed by atoms with van der Waals surface area (Å²) in [5.41, 5.74) is 0. The van der Waals surface area contributed by atoms with E-state index < -0.39 is 0 Å². The summed E-state index contributed by atoms with van der Waals surface area (Å²) in [6.45, 7) is 7.82. The topological polar surface area (TPSA) is 62.4 Å². The molecule has 5 heteroatoms. The normalized spacial score (nSPS) is 24.2. The molecular weight excluding hydrogens is 218 g/mol. The molecule has 2 rings (SSSR count). The molecule has 1 N–H and O–H groups in total. The van der Waals surface area contributed by atoms with Crippen molar-refractivity contribution in [2.45, 2.75) is 51.7 Å². The van der Waals surface area contributed by atoms with E-state index in [1.807, 2.05) is 13.8 Å². The maximum Gasteiger partial charge on any atom is 0.243 e. The van der Waals surface area contributed by atoms with Gasteiger partial charge in [-0.2, -0.15) is 4.98 Å². The van der Waals surface area contributed by atoms with Crippen LogP contribution in [0.5, 0.6) is 0 Å². The van der Waals surface area contributed by atoms with Crippen LogP contribution in [0.2, 0.25) is 0 Å². The van der Waals surface area contributed by atoms with E-state index in [-0.39, 0.29) is 18.1 Å². The van der Waals surface area contributed by atoms with Crippen LogP contribution in [0.1, 0.15) is 57.3 Å². The lowest BCUT2D eigenvalue weighted by Gasteiger charge is -2.32. The molecule has 2 heterocycles. The lowest BCUT2D eigenvalue weighted by molar-refractivity contribution is 0.0422. The van der Waals surface area contributed by atoms with Gasteiger partial charge in [-0.15, -0.1) is 0 Å². The molecule has 0 aromatic carbocycles. The predicted octanol–water partition coefficient (Wildman–Crippen LogP) is 1.71. The molecular formula is C12H21N3O2. The zero-order chi connectivity index (χ0) is 12.4. The van der Waals surface area contributed by atoms with Gasteiger partial charge in [-0.05, 0) is 26.3 Å². The minimum Gasteiger partial charge on any atom is -0.392 e. The van der Waals surface area contributed by atoms with Crippen molar-refractivity contribution >= 4 is 0 Å². The van der Waals surface area contributed by atoms with E-state index in [0.29, 0.717) is 12.4 Å². The molecule has 0 saturated carbocycles. The number of hydrogen-bond acceptors (Lipinski definition) is 5. The highest BCUT2D eigenvalue weighted by Crippen LogP contribution is 2.24. The van der Waals surface area contributed by atoms with E-state index >= 15 is 0 Å². The second kappa shape index (κ2) is 5.14. The Morgan fingerprint density at radius 1 is 1.41 bits per heavy atom. The third-order valence-electron chi connectivity index (χ3n) is 3.31. The van der Waals surface area contributed by atoms with Gasteiger partial charge in [-0.25, -0.2) is 0 Å². The Labute approximate surface area is 102 Å². The Morgan fingerprint density at radius 2 is 2.18 bits per heavy atom. The Hall–Kier alpha value is -0.940. The molecule has 2 atom stereocenters. The SMILES string of the molecule is CC(C)c1noc([C@@H](C)N2CCC[C@H](O)C2)n1. The number of rotatable bonds is 3. The van der Waals surface area contributed by atoms with Crippen LogP contribution < -0.4 is 0 Å². The first-order chi connectivity index (χ1) is 8.08. The van der Waals surface area contributed by atoms with Crippen LogP contribution in [0, 0.1) is 0 Å². The average Bonchev–Trinajstić information content (AvgIpc) is 2.77. The summed E-state index contributed by atoms with van der Waals surface area (Å²) < 4.78 is 5.29. The molecule has 1 aromatic rings. The lowest BCUT2D eigenvalue weighted by atomic mass is 10.1. The number of aliphatic hydroxyl groups excluding tert-OH is 1. The molecule has 96 valence electrons. The largest absolute Gasteiger partial charge is 0.392 e. The fourth-order valence-corrected chi connectivity index (χ4v) is 2.14. The Balaban J connectivity index is 2.04. The summed E-state index contributed by atoms with van der Waals surface area (Å²) in [6.07, 6.45) is 1.69. The van der Waals surface area contributed by atoms with Crippen LogP contribution in [-0.4, -0.2) is 39.3 Å². The summed E-state index contributed by atoms with van der Waals surface area (Å²) in [7, 11) is 0. The average molecular weight is 239 g/mol. The zero-order valence-corrected chi connectivity index (χ0v) is 10.8. The number of piperidine rings is 1. The van der Waals surface area contributed by atoms with Gasteiger partial charge in [0.25, 0.3) is 0 Å². The zero-order valence-electron chi connectivity index (χ0n) is 10.8. The fraction of sp³-hybridized carbons (Fsp3) is 0.833. The Morgan fingerprint density at radius 3 is 2.76 bits per heavy atom. The Kier molecular flexibility index (Phi) is 3.79. The standard InChI is InChI=1S/C12H21N3O2/c1-8(2)11-13-12(17-14-11)9(3)15-6-4-5-10(16)7-15/h8-10,16H,4-7H2,1-3H3/t9-,10+/m1/s1. The van der Waals surface area contributed by atoms with Crippen molar-refractivity contribution in [1.29, 1.82) is 0 Å². The summed E-state index contributed by atoms with van der Waals surface area (Å²) in [4.78, 5) is 6.61. The second-order valence-corrected chi connectivity index (χ2v) is 5.11. The molecule has 17 heavy (non-hydrogen) atoms. The van der Waals surface area contributed by atoms with Crippen molar-refractivity contribution in [3.63, 3.8) is 0 Å². The molecule has 5 nitrogen and oxygen atoms in total. The molecule has 1 saturated heterocycles. The summed E-state index contributed by atoms with van der Waals surface area (Å²) in [6, 6.07) is 0.0879. The molecule has 0 unspecified atom stereocenters. The van der Waals surface area contributed by atoms with Crippen LogP contribution >= 0.6 is 0 Å². The van der Waals surface area contributed by atoms with Crippen LogP contribution in [0.25, 0.3) is 0 Å². The molecule has 0 spiro atoms. The van der Waals surface area contributed by atoms with Crippen LogP contribution in [-0.2, 0) is 0 Å². The van der Waals surface area contributed by atoms with Gasteiger partial charge in [0.1, 0.15) is 0 Å². The van der Waals surface area contributed by atoms with Gasteiger partial charge in [0, 0.05) is 12.5 Å². The summed E-state index contributed by atoms with van der Waals surface area (Å²) in [5, 5.41) is 13.6. The number of β-amino-alcohol motifs (C(OH)–C–C–N with tert-alkyl or cyclic N) is 1. The van der Waals surface area contributed by atoms with E-state index in [9.17, 15) is 5.11 Å². The van der Waals surface area contributed by atoms with Crippen molar-refractivity contribution in [1.82, 2.24) is 15.0 Å². The third kappa shape index (κ3) is 2.84. The van der Waals surface area contributed by atoms with Gasteiger partial charge in [0.05, 0.1) is 12.1 Å². The van der Waals surface area contributed by atoms with Gasteiger partial charge in [-0.3, -0.25) is 4.90 Å². The highest BCUT2D eigenvalue weighted by molar-refractivity contribution is 4.96. The maximum atomic E-state index is 9.66. The Bertz CT molecular complexity index is 364. The van der Waals surface area contributed by atoms with Crippen LogP contribution in [0.4, 0.5) is 0 Å². The van der Waals surface area contributed by atoms with Crippen molar-refractivity contribution < 1.29 is 9.63 Å². The second-order valence-electron chi connectivity index (χ2n) is 5.11. The number of aromatic nitrogens is 2. The molecule has 1 aliphatic heterocycles. The molecule has 1 aromatic heterocycles. The molecule has 1 fully saturated rings. The van der Waals surface area contributed by atoms with Crippen molar-refractivity contribution in [2.75, 3.05) is 13.1 Å². The van der Waals surface area contributed by atoms with E-state index in [2.05, 4.69) is 22.0 Å². The van der Waals surface area contributed by atoms with E-state index in [1.165, 1.54) is 0 Å². The number of hydrogen-bond donors (Lipinski definition) is 1. The number of aliphatic hydroxyl groups is 1. The van der Waals surface area contributed by atoms with Crippen LogP contribution in [0.3, 0.4) is 0 Å². The lowest BCUT2D eigenvalue weighted by Crippen LogP contribution is -2.39. The molecule has 0 amide bonds. The first-order valence-electron chi connectivity index (χ1n) is 6.33. The molecule has 0 bridgehead atoms. The van der Waals surface area contributed by atoms with Crippen molar-refractivity contribution in [2.24, 2.45) is 0 Å². The first kappa shape index (κ1) is 12.5. The maximum absolute atomic E-state index is 9.66. The van der Waals surface area contributed by atoms with Crippen LogP contribution in [0.15, 0.2) is 4.52 Å². The van der Waals surface area contributed by atoms with Gasteiger partial charge in [0.15, 0.2) is 5.82 Å². The van der Waals surface area contributed by atoms with Crippen molar-refractivity contribution in [3.8, 4) is 0 Å². The molecule has 1 aliphatic rings. The highest BCUT2D eigenvalue weighted by atomic mass is 16.5. The smallest absolute Gasteiger partial charge is 0.243 e. The minimum absolute atomic E-state index is 0.0879. The fourth-order valence-electron chi connectivity index (χ4n) is 2.14. The number of nitrogens with zero attached hydrogens (tertiary/aromatic N) is 3. The molecule has 0 aliphatic carbocycles. The minimum atomic E-state index is -0.223. The predicted molar refractivity (Wildman–Crippen MR) is 63.6 cm³/mol. The third-order valence-corrected chi connectivity index (χ3v) is 3.31. The summed E-state index contributed by atoms with van der Waals surface area (Å²) >= 11 is 0. The van der Waals surface area contributed by atoms with Gasteiger partial charge < -0.3 is 9.63 Å². The molecule has 0 radical (unpaired) electrons. The van der Waals surface area contributed by atoms with Crippen molar-refractivity contribution in [3.05, 3.63) is 11.7 Å².